The van der Waals surface area contributed by atoms with E-state index < -0.39 is 12.1 Å². The Morgan fingerprint density at radius 3 is 2.67 bits per heavy atom. The zero-order chi connectivity index (χ0) is 11.5. The molecule has 1 unspecified atom stereocenters. The van der Waals surface area contributed by atoms with Crippen molar-refractivity contribution in [1.29, 1.82) is 0 Å². The quantitative estimate of drug-likeness (QED) is 0.776. The van der Waals surface area contributed by atoms with Crippen molar-refractivity contribution >= 4 is 21.8 Å². The highest BCUT2D eigenvalue weighted by Gasteiger charge is 2.37. The van der Waals surface area contributed by atoms with E-state index in [2.05, 4.69) is 21.2 Å². The molecular formula is C9H9BrF3NO. The summed E-state index contributed by atoms with van der Waals surface area (Å²) < 4.78 is 36.7. The van der Waals surface area contributed by atoms with Crippen molar-refractivity contribution in [3.63, 3.8) is 0 Å². The number of hydrogen-bond acceptors (Lipinski definition) is 1. The first-order valence-electron chi connectivity index (χ1n) is 4.24. The van der Waals surface area contributed by atoms with Gasteiger partial charge in [-0.05, 0) is 12.5 Å². The van der Waals surface area contributed by atoms with Gasteiger partial charge in [-0.1, -0.05) is 28.1 Å². The second kappa shape index (κ2) is 4.83. The molecule has 1 N–H and O–H groups in total. The molecule has 1 amide bonds. The molecule has 6 heteroatoms. The molecule has 84 valence electrons. The largest absolute Gasteiger partial charge is 0.395 e. The van der Waals surface area contributed by atoms with Crippen molar-refractivity contribution in [3.05, 3.63) is 23.9 Å². The number of halogens is 4. The maximum atomic E-state index is 12.2. The Balaban J connectivity index is 2.54. The van der Waals surface area contributed by atoms with Crippen LogP contribution in [0.3, 0.4) is 0 Å². The van der Waals surface area contributed by atoms with Gasteiger partial charge in [0.1, 0.15) is 0 Å². The third-order valence-electron chi connectivity index (χ3n) is 1.93. The molecule has 0 heterocycles. The van der Waals surface area contributed by atoms with Crippen molar-refractivity contribution in [2.45, 2.75) is 12.6 Å². The molecule has 15 heavy (non-hydrogen) atoms. The maximum absolute atomic E-state index is 12.2. The van der Waals surface area contributed by atoms with Gasteiger partial charge in [-0.3, -0.25) is 4.79 Å². The number of allylic oxidation sites excluding steroid dienone is 3. The monoisotopic (exact) mass is 283 g/mol. The van der Waals surface area contributed by atoms with Crippen LogP contribution < -0.4 is 5.32 Å². The molecule has 1 rings (SSSR count). The van der Waals surface area contributed by atoms with E-state index in [0.29, 0.717) is 5.70 Å². The van der Waals surface area contributed by atoms with Crippen LogP contribution in [0.4, 0.5) is 13.2 Å². The van der Waals surface area contributed by atoms with Crippen LogP contribution in [0.5, 0.6) is 0 Å². The van der Waals surface area contributed by atoms with Crippen LogP contribution in [0, 0.1) is 5.92 Å². The predicted molar refractivity (Wildman–Crippen MR) is 53.3 cm³/mol. The van der Waals surface area contributed by atoms with Gasteiger partial charge in [-0.2, -0.15) is 13.2 Å². The topological polar surface area (TPSA) is 29.1 Å². The minimum atomic E-state index is -4.21. The molecule has 0 aromatic rings. The third-order valence-corrected chi connectivity index (χ3v) is 2.43. The van der Waals surface area contributed by atoms with Gasteiger partial charge in [0, 0.05) is 5.70 Å². The second-order valence-corrected chi connectivity index (χ2v) is 3.64. The molecule has 2 nitrogen and oxygen atoms in total. The number of amides is 1. The highest BCUT2D eigenvalue weighted by molar-refractivity contribution is 9.09. The van der Waals surface area contributed by atoms with E-state index in [1.165, 1.54) is 12.2 Å². The lowest BCUT2D eigenvalue weighted by Gasteiger charge is -2.19. The lowest BCUT2D eigenvalue weighted by Crippen LogP contribution is -2.26. The highest BCUT2D eigenvalue weighted by atomic mass is 79.9. The van der Waals surface area contributed by atoms with Gasteiger partial charge in [-0.25, -0.2) is 0 Å². The Labute approximate surface area is 93.3 Å². The van der Waals surface area contributed by atoms with E-state index in [1.807, 2.05) is 0 Å². The van der Waals surface area contributed by atoms with Crippen LogP contribution in [-0.4, -0.2) is 17.4 Å². The molecule has 0 bridgehead atoms. The van der Waals surface area contributed by atoms with Gasteiger partial charge >= 0.3 is 6.18 Å². The number of rotatable bonds is 2. The number of hydrogen-bond donors (Lipinski definition) is 1. The number of carbonyl (C=O) groups is 1. The van der Waals surface area contributed by atoms with Gasteiger partial charge in [0.15, 0.2) is 0 Å². The standard InChI is InChI=1S/C9H9BrF3NO/c10-5-8(15)14-7-3-1-6(2-4-7)9(11,12)13/h1,3-4,6H,2,5H2,(H,14,15). The fourth-order valence-electron chi connectivity index (χ4n) is 1.15. The van der Waals surface area contributed by atoms with E-state index in [1.54, 1.807) is 0 Å². The molecule has 0 radical (unpaired) electrons. The van der Waals surface area contributed by atoms with E-state index in [0.717, 1.165) is 6.08 Å². The van der Waals surface area contributed by atoms with Gasteiger partial charge in [0.05, 0.1) is 11.2 Å². The Morgan fingerprint density at radius 2 is 2.27 bits per heavy atom. The molecular weight excluding hydrogens is 275 g/mol. The van der Waals surface area contributed by atoms with Crippen LogP contribution in [0.25, 0.3) is 0 Å². The lowest BCUT2D eigenvalue weighted by atomic mass is 9.99. The Bertz CT molecular complexity index is 309. The summed E-state index contributed by atoms with van der Waals surface area (Å²) in [5.74, 6) is -1.72. The van der Waals surface area contributed by atoms with E-state index in [4.69, 9.17) is 0 Å². The van der Waals surface area contributed by atoms with E-state index in [9.17, 15) is 18.0 Å². The molecule has 0 aliphatic heterocycles. The van der Waals surface area contributed by atoms with Crippen LogP contribution in [0.15, 0.2) is 23.9 Å². The van der Waals surface area contributed by atoms with Crippen molar-refractivity contribution in [2.75, 3.05) is 5.33 Å². The van der Waals surface area contributed by atoms with Crippen molar-refractivity contribution in [3.8, 4) is 0 Å². The summed E-state index contributed by atoms with van der Waals surface area (Å²) in [7, 11) is 0. The normalized spacial score (nSPS) is 21.1. The van der Waals surface area contributed by atoms with Gasteiger partial charge < -0.3 is 5.32 Å². The van der Waals surface area contributed by atoms with E-state index in [-0.39, 0.29) is 17.7 Å². The molecule has 1 aliphatic rings. The average molecular weight is 284 g/mol. The van der Waals surface area contributed by atoms with Crippen LogP contribution in [0.1, 0.15) is 6.42 Å². The molecule has 0 aromatic carbocycles. The number of alkyl halides is 4. The number of nitrogens with one attached hydrogen (secondary N) is 1. The van der Waals surface area contributed by atoms with Crippen LogP contribution in [0.2, 0.25) is 0 Å². The van der Waals surface area contributed by atoms with Crippen LogP contribution >= 0.6 is 15.9 Å². The predicted octanol–water partition coefficient (Wildman–Crippen LogP) is 2.52. The Morgan fingerprint density at radius 1 is 1.60 bits per heavy atom. The third kappa shape index (κ3) is 3.70. The Hall–Kier alpha value is -0.780. The van der Waals surface area contributed by atoms with Crippen LogP contribution in [-0.2, 0) is 4.79 Å². The zero-order valence-corrected chi connectivity index (χ0v) is 9.23. The molecule has 0 aromatic heterocycles. The first-order chi connectivity index (χ1) is 6.93. The fraction of sp³-hybridized carbons (Fsp3) is 0.444. The second-order valence-electron chi connectivity index (χ2n) is 3.08. The van der Waals surface area contributed by atoms with Gasteiger partial charge in [0.2, 0.25) is 5.91 Å². The molecule has 0 fully saturated rings. The van der Waals surface area contributed by atoms with E-state index >= 15 is 0 Å². The first-order valence-corrected chi connectivity index (χ1v) is 5.36. The SMILES string of the molecule is O=C(CBr)NC1=CCC(C(F)(F)F)C=C1. The molecule has 0 saturated carbocycles. The minimum Gasteiger partial charge on any atom is -0.326 e. The molecule has 0 saturated heterocycles. The molecule has 0 spiro atoms. The summed E-state index contributed by atoms with van der Waals surface area (Å²) in [6.07, 6.45) is -0.624. The van der Waals surface area contributed by atoms with Crippen molar-refractivity contribution in [1.82, 2.24) is 5.32 Å². The average Bonchev–Trinajstić information content (AvgIpc) is 2.17. The Kier molecular flexibility index (Phi) is 3.96. The minimum absolute atomic E-state index is 0.126. The smallest absolute Gasteiger partial charge is 0.326 e. The maximum Gasteiger partial charge on any atom is 0.395 e. The van der Waals surface area contributed by atoms with Gasteiger partial charge in [-0.15, -0.1) is 0 Å². The highest BCUT2D eigenvalue weighted by Crippen LogP contribution is 2.32. The summed E-state index contributed by atoms with van der Waals surface area (Å²) in [5.41, 5.74) is 0.417. The fourth-order valence-corrected chi connectivity index (χ4v) is 1.29. The van der Waals surface area contributed by atoms with Crippen molar-refractivity contribution in [2.24, 2.45) is 5.92 Å². The summed E-state index contributed by atoms with van der Waals surface area (Å²) in [6.45, 7) is 0. The summed E-state index contributed by atoms with van der Waals surface area (Å²) in [6, 6.07) is 0. The summed E-state index contributed by atoms with van der Waals surface area (Å²) in [5, 5.41) is 2.59. The van der Waals surface area contributed by atoms with Gasteiger partial charge in [0.25, 0.3) is 0 Å². The number of carbonyl (C=O) groups excluding carboxylic acids is 1. The first kappa shape index (κ1) is 12.3. The zero-order valence-electron chi connectivity index (χ0n) is 7.64. The lowest BCUT2D eigenvalue weighted by molar-refractivity contribution is -0.160. The molecule has 1 atom stereocenters. The summed E-state index contributed by atoms with van der Waals surface area (Å²) in [4.78, 5) is 10.9. The molecule has 1 aliphatic carbocycles. The van der Waals surface area contributed by atoms with Crippen molar-refractivity contribution < 1.29 is 18.0 Å². The summed E-state index contributed by atoms with van der Waals surface area (Å²) >= 11 is 2.94.